The molecule has 1 atom stereocenters. The lowest BCUT2D eigenvalue weighted by molar-refractivity contribution is 0.0122. The molecular weight excluding hydrogens is 174 g/mol. The van der Waals surface area contributed by atoms with Gasteiger partial charge in [-0.15, -0.1) is 0 Å². The minimum atomic E-state index is -0.649. The van der Waals surface area contributed by atoms with Crippen molar-refractivity contribution in [2.75, 3.05) is 13.1 Å². The summed E-state index contributed by atoms with van der Waals surface area (Å²) in [6, 6.07) is 8.16. The third-order valence-corrected chi connectivity index (χ3v) is 2.92. The maximum Gasteiger partial charge on any atom is 0.102 e. The number of rotatable bonds is 1. The Morgan fingerprint density at radius 1 is 1.43 bits per heavy atom. The van der Waals surface area contributed by atoms with Crippen molar-refractivity contribution < 1.29 is 5.11 Å². The molecule has 1 saturated heterocycles. The van der Waals surface area contributed by atoms with Gasteiger partial charge in [0, 0.05) is 6.54 Å². The summed E-state index contributed by atoms with van der Waals surface area (Å²) in [5.41, 5.74) is 1.61. The number of hydrogen-bond acceptors (Lipinski definition) is 2. The van der Waals surface area contributed by atoms with Gasteiger partial charge in [0.15, 0.2) is 0 Å². The van der Waals surface area contributed by atoms with E-state index in [1.807, 2.05) is 12.1 Å². The summed E-state index contributed by atoms with van der Waals surface area (Å²) in [5, 5.41) is 13.6. The molecule has 1 heterocycles. The van der Waals surface area contributed by atoms with E-state index in [9.17, 15) is 5.11 Å². The topological polar surface area (TPSA) is 32.3 Å². The quantitative estimate of drug-likeness (QED) is 0.706. The Bertz CT molecular complexity index is 316. The van der Waals surface area contributed by atoms with Gasteiger partial charge in [-0.2, -0.15) is 0 Å². The van der Waals surface area contributed by atoms with Crippen LogP contribution in [0.5, 0.6) is 0 Å². The molecule has 0 amide bonds. The molecule has 1 aliphatic rings. The first-order valence-electron chi connectivity index (χ1n) is 5.21. The van der Waals surface area contributed by atoms with E-state index in [-0.39, 0.29) is 0 Å². The molecule has 1 aliphatic heterocycles. The van der Waals surface area contributed by atoms with E-state index in [0.717, 1.165) is 24.9 Å². The lowest BCUT2D eigenvalue weighted by Gasteiger charge is -2.33. The van der Waals surface area contributed by atoms with Gasteiger partial charge in [-0.25, -0.2) is 0 Å². The highest BCUT2D eigenvalue weighted by molar-refractivity contribution is 5.28. The third-order valence-electron chi connectivity index (χ3n) is 2.92. The van der Waals surface area contributed by atoms with Gasteiger partial charge in [0.1, 0.15) is 5.60 Å². The van der Waals surface area contributed by atoms with Crippen LogP contribution in [-0.4, -0.2) is 18.2 Å². The first-order chi connectivity index (χ1) is 6.71. The van der Waals surface area contributed by atoms with Crippen LogP contribution in [0.25, 0.3) is 0 Å². The molecule has 0 spiro atoms. The van der Waals surface area contributed by atoms with Gasteiger partial charge in [0.25, 0.3) is 0 Å². The summed E-state index contributed by atoms with van der Waals surface area (Å²) in [7, 11) is 0. The van der Waals surface area contributed by atoms with E-state index >= 15 is 0 Å². The summed E-state index contributed by atoms with van der Waals surface area (Å²) in [5.74, 6) is 0. The minimum absolute atomic E-state index is 0.649. The average Bonchev–Trinajstić information content (AvgIpc) is 2.19. The van der Waals surface area contributed by atoms with Crippen molar-refractivity contribution in [2.24, 2.45) is 0 Å². The van der Waals surface area contributed by atoms with Gasteiger partial charge in [-0.3, -0.25) is 0 Å². The van der Waals surface area contributed by atoms with Crippen molar-refractivity contribution in [1.82, 2.24) is 5.32 Å². The highest BCUT2D eigenvalue weighted by Crippen LogP contribution is 2.28. The molecular formula is C12H17NO. The zero-order chi connectivity index (χ0) is 10.0. The van der Waals surface area contributed by atoms with E-state index in [1.165, 1.54) is 5.56 Å². The van der Waals surface area contributed by atoms with Gasteiger partial charge < -0.3 is 10.4 Å². The fourth-order valence-corrected chi connectivity index (χ4v) is 2.07. The van der Waals surface area contributed by atoms with Crippen LogP contribution in [0, 0.1) is 6.92 Å². The molecule has 76 valence electrons. The molecule has 0 aromatic heterocycles. The molecule has 0 aliphatic carbocycles. The van der Waals surface area contributed by atoms with Gasteiger partial charge in [-0.05, 0) is 31.9 Å². The fourth-order valence-electron chi connectivity index (χ4n) is 2.07. The zero-order valence-corrected chi connectivity index (χ0v) is 8.59. The molecule has 0 radical (unpaired) electrons. The highest BCUT2D eigenvalue weighted by Gasteiger charge is 2.30. The average molecular weight is 191 g/mol. The minimum Gasteiger partial charge on any atom is -0.384 e. The predicted octanol–water partition coefficient (Wildman–Crippen LogP) is 1.57. The Balaban J connectivity index is 2.28. The molecule has 2 N–H and O–H groups in total. The van der Waals surface area contributed by atoms with E-state index < -0.39 is 5.60 Å². The number of benzene rings is 1. The van der Waals surface area contributed by atoms with Crippen molar-refractivity contribution in [3.8, 4) is 0 Å². The van der Waals surface area contributed by atoms with E-state index in [4.69, 9.17) is 0 Å². The standard InChI is InChI=1S/C12H17NO/c1-10-4-2-5-11(8-10)12(14)6-3-7-13-9-12/h2,4-5,8,13-14H,3,6-7,9H2,1H3. The molecule has 1 fully saturated rings. The maximum atomic E-state index is 10.4. The molecule has 2 nitrogen and oxygen atoms in total. The van der Waals surface area contributed by atoms with Gasteiger partial charge in [0.2, 0.25) is 0 Å². The van der Waals surface area contributed by atoms with Gasteiger partial charge in [0.05, 0.1) is 0 Å². The maximum absolute atomic E-state index is 10.4. The number of aliphatic hydroxyl groups is 1. The fraction of sp³-hybridized carbons (Fsp3) is 0.500. The molecule has 14 heavy (non-hydrogen) atoms. The third kappa shape index (κ3) is 1.81. The largest absolute Gasteiger partial charge is 0.384 e. The van der Waals surface area contributed by atoms with E-state index in [2.05, 4.69) is 24.4 Å². The second-order valence-corrected chi connectivity index (χ2v) is 4.18. The first kappa shape index (κ1) is 9.69. The van der Waals surface area contributed by atoms with Crippen molar-refractivity contribution in [2.45, 2.75) is 25.4 Å². The summed E-state index contributed by atoms with van der Waals surface area (Å²) >= 11 is 0. The van der Waals surface area contributed by atoms with Gasteiger partial charge in [-0.1, -0.05) is 29.8 Å². The second kappa shape index (κ2) is 3.71. The molecule has 1 unspecified atom stereocenters. The second-order valence-electron chi connectivity index (χ2n) is 4.18. The summed E-state index contributed by atoms with van der Waals surface area (Å²) in [6.07, 6.45) is 1.91. The summed E-state index contributed by atoms with van der Waals surface area (Å²) < 4.78 is 0. The van der Waals surface area contributed by atoms with Crippen molar-refractivity contribution in [3.63, 3.8) is 0 Å². The van der Waals surface area contributed by atoms with Crippen LogP contribution in [0.1, 0.15) is 24.0 Å². The normalized spacial score (nSPS) is 27.6. The SMILES string of the molecule is Cc1cccc(C2(O)CCCNC2)c1. The van der Waals surface area contributed by atoms with Crippen molar-refractivity contribution in [1.29, 1.82) is 0 Å². The van der Waals surface area contributed by atoms with Crippen LogP contribution in [0.3, 0.4) is 0 Å². The molecule has 0 bridgehead atoms. The number of piperidine rings is 1. The van der Waals surface area contributed by atoms with Crippen LogP contribution in [0.4, 0.5) is 0 Å². The van der Waals surface area contributed by atoms with E-state index in [1.54, 1.807) is 0 Å². The lowest BCUT2D eigenvalue weighted by Crippen LogP contribution is -2.43. The molecule has 0 saturated carbocycles. The highest BCUT2D eigenvalue weighted by atomic mass is 16.3. The zero-order valence-electron chi connectivity index (χ0n) is 8.59. The van der Waals surface area contributed by atoms with E-state index in [0.29, 0.717) is 6.54 Å². The van der Waals surface area contributed by atoms with Crippen molar-refractivity contribution >= 4 is 0 Å². The van der Waals surface area contributed by atoms with Crippen LogP contribution < -0.4 is 5.32 Å². The molecule has 1 aromatic rings. The Morgan fingerprint density at radius 3 is 2.93 bits per heavy atom. The number of aryl methyl sites for hydroxylation is 1. The van der Waals surface area contributed by atoms with Crippen LogP contribution in [-0.2, 0) is 5.60 Å². The van der Waals surface area contributed by atoms with Crippen LogP contribution in [0.15, 0.2) is 24.3 Å². The smallest absolute Gasteiger partial charge is 0.102 e. The lowest BCUT2D eigenvalue weighted by atomic mass is 9.86. The number of β-amino-alcohol motifs (C(OH)–C–C–N with tert-alkyl or cyclic N) is 1. The van der Waals surface area contributed by atoms with Crippen LogP contribution >= 0.6 is 0 Å². The Hall–Kier alpha value is -0.860. The van der Waals surface area contributed by atoms with Crippen LogP contribution in [0.2, 0.25) is 0 Å². The van der Waals surface area contributed by atoms with Gasteiger partial charge >= 0.3 is 0 Å². The number of nitrogens with one attached hydrogen (secondary N) is 1. The summed E-state index contributed by atoms with van der Waals surface area (Å²) in [4.78, 5) is 0. The molecule has 2 rings (SSSR count). The number of hydrogen-bond donors (Lipinski definition) is 2. The Kier molecular flexibility index (Phi) is 2.57. The molecule has 2 heteroatoms. The first-order valence-corrected chi connectivity index (χ1v) is 5.21. The monoisotopic (exact) mass is 191 g/mol. The predicted molar refractivity (Wildman–Crippen MR) is 57.2 cm³/mol. The van der Waals surface area contributed by atoms with Crippen molar-refractivity contribution in [3.05, 3.63) is 35.4 Å². The Labute approximate surface area is 85.0 Å². The Morgan fingerprint density at radius 2 is 2.29 bits per heavy atom. The summed E-state index contributed by atoms with van der Waals surface area (Å²) in [6.45, 7) is 3.76. The molecule has 1 aromatic carbocycles.